The molecule has 0 aliphatic carbocycles. The molecule has 3 aliphatic heterocycles. The summed E-state index contributed by atoms with van der Waals surface area (Å²) in [6.45, 7) is 2.97. The van der Waals surface area contributed by atoms with Crippen molar-refractivity contribution < 1.29 is 37.3 Å². The van der Waals surface area contributed by atoms with Crippen LogP contribution in [0.1, 0.15) is 68.9 Å². The minimum Gasteiger partial charge on any atom is -0.385 e. The fraction of sp³-hybridized carbons (Fsp3) is 0.433. The highest BCUT2D eigenvalue weighted by molar-refractivity contribution is 6.23. The van der Waals surface area contributed by atoms with E-state index in [1.807, 2.05) is 4.90 Å². The summed E-state index contributed by atoms with van der Waals surface area (Å²) in [6, 6.07) is 9.83. The molecule has 6 rings (SSSR count). The average molecular weight is 598 g/mol. The van der Waals surface area contributed by atoms with E-state index in [0.29, 0.717) is 48.6 Å². The maximum absolute atomic E-state index is 13.6. The number of fused-ring (bicyclic) bond motifs is 1. The lowest BCUT2D eigenvalue weighted by Crippen LogP contribution is -2.50. The third-order valence-corrected chi connectivity index (χ3v) is 8.77. The monoisotopic (exact) mass is 597 g/mol. The number of aromatic nitrogens is 2. The van der Waals surface area contributed by atoms with E-state index < -0.39 is 29.2 Å². The summed E-state index contributed by atoms with van der Waals surface area (Å²) in [6.07, 6.45) is -2.95. The zero-order valence-electron chi connectivity index (χ0n) is 23.4. The Balaban J connectivity index is 1.14. The van der Waals surface area contributed by atoms with Crippen molar-refractivity contribution in [2.45, 2.75) is 50.9 Å². The van der Waals surface area contributed by atoms with Gasteiger partial charge in [-0.05, 0) is 62.4 Å². The van der Waals surface area contributed by atoms with Gasteiger partial charge in [-0.2, -0.15) is 13.2 Å². The van der Waals surface area contributed by atoms with Gasteiger partial charge in [0.15, 0.2) is 0 Å². The number of alkyl halides is 3. The predicted octanol–water partition coefficient (Wildman–Crippen LogP) is 3.92. The molecule has 0 radical (unpaired) electrons. The summed E-state index contributed by atoms with van der Waals surface area (Å²) in [4.78, 5) is 45.0. The van der Waals surface area contributed by atoms with Crippen molar-refractivity contribution in [3.8, 4) is 0 Å². The number of aryl methyl sites for hydroxylation is 1. The summed E-state index contributed by atoms with van der Waals surface area (Å²) >= 11 is 0. The van der Waals surface area contributed by atoms with Crippen LogP contribution < -0.4 is 4.90 Å². The van der Waals surface area contributed by atoms with Gasteiger partial charge in [0.1, 0.15) is 11.4 Å². The second kappa shape index (κ2) is 10.8. The molecule has 3 aliphatic rings. The van der Waals surface area contributed by atoms with Crippen LogP contribution >= 0.6 is 0 Å². The highest BCUT2D eigenvalue weighted by Crippen LogP contribution is 2.38. The fourth-order valence-corrected chi connectivity index (χ4v) is 6.29. The van der Waals surface area contributed by atoms with Crippen molar-refractivity contribution in [2.75, 3.05) is 31.1 Å². The topological polar surface area (TPSA) is 120 Å². The quantitative estimate of drug-likeness (QED) is 0.440. The van der Waals surface area contributed by atoms with Gasteiger partial charge in [-0.15, -0.1) is 0 Å². The number of carbonyl (C=O) groups excluding carboxylic acids is 3. The van der Waals surface area contributed by atoms with E-state index >= 15 is 0 Å². The van der Waals surface area contributed by atoms with Gasteiger partial charge >= 0.3 is 6.18 Å². The second-order valence-corrected chi connectivity index (χ2v) is 11.4. The number of hydrogen-bond acceptors (Lipinski definition) is 8. The van der Waals surface area contributed by atoms with Gasteiger partial charge in [0.2, 0.25) is 5.91 Å². The largest absolute Gasteiger partial charge is 0.416 e. The molecule has 2 aromatic carbocycles. The molecule has 0 bridgehead atoms. The van der Waals surface area contributed by atoms with Gasteiger partial charge in [-0.25, -0.2) is 4.63 Å². The first-order valence-corrected chi connectivity index (χ1v) is 14.2. The number of carbonyl (C=O) groups is 3. The number of anilines is 1. The molecular weight excluding hydrogens is 567 g/mol. The van der Waals surface area contributed by atoms with Crippen molar-refractivity contribution in [3.63, 3.8) is 0 Å². The molecule has 0 spiro atoms. The van der Waals surface area contributed by atoms with Crippen molar-refractivity contribution in [3.05, 3.63) is 76.1 Å². The smallest absolute Gasteiger partial charge is 0.385 e. The summed E-state index contributed by atoms with van der Waals surface area (Å²) in [7, 11) is 0. The number of rotatable bonds is 5. The lowest BCUT2D eigenvalue weighted by molar-refractivity contribution is -0.140. The number of amides is 3. The first-order chi connectivity index (χ1) is 20.5. The Morgan fingerprint density at radius 2 is 1.81 bits per heavy atom. The maximum Gasteiger partial charge on any atom is 0.416 e. The number of piperidine rings is 2. The molecule has 1 aromatic heterocycles. The number of nitrogens with zero attached hydrogens (tertiary/aromatic N) is 5. The van der Waals surface area contributed by atoms with Crippen LogP contribution in [0.4, 0.5) is 18.9 Å². The summed E-state index contributed by atoms with van der Waals surface area (Å²) < 4.78 is 44.4. The number of hydrogen-bond donors (Lipinski definition) is 1. The Morgan fingerprint density at radius 3 is 2.51 bits per heavy atom. The molecule has 4 heterocycles. The van der Waals surface area contributed by atoms with Crippen LogP contribution in [0.5, 0.6) is 0 Å². The first kappa shape index (κ1) is 28.8. The maximum atomic E-state index is 13.6. The summed E-state index contributed by atoms with van der Waals surface area (Å²) in [5.41, 5.74) is -0.0428. The third-order valence-electron chi connectivity index (χ3n) is 8.77. The molecule has 3 amide bonds. The lowest BCUT2D eigenvalue weighted by atomic mass is 9.83. The van der Waals surface area contributed by atoms with Crippen LogP contribution in [0.15, 0.2) is 47.1 Å². The van der Waals surface area contributed by atoms with Crippen LogP contribution in [-0.4, -0.2) is 69.1 Å². The molecule has 1 unspecified atom stereocenters. The Bertz CT molecular complexity index is 1580. The SMILES string of the molecule is Cc1nonc1CN1C(=O)c2cccc(N3CCCC(C(=O)N4CCC(O)(c5cccc(C(F)(F)F)c5)CC4)C3)c2C1=O. The molecule has 226 valence electrons. The van der Waals surface area contributed by atoms with Crippen molar-refractivity contribution in [1.82, 2.24) is 20.1 Å². The van der Waals surface area contributed by atoms with Gasteiger partial charge in [0, 0.05) is 26.2 Å². The number of halogens is 3. The summed E-state index contributed by atoms with van der Waals surface area (Å²) in [5.74, 6) is -1.36. The van der Waals surface area contributed by atoms with Gasteiger partial charge < -0.3 is 14.9 Å². The van der Waals surface area contributed by atoms with Gasteiger partial charge in [-0.3, -0.25) is 19.3 Å². The molecule has 2 fully saturated rings. The Labute approximate surface area is 245 Å². The van der Waals surface area contributed by atoms with Gasteiger partial charge in [-0.1, -0.05) is 28.5 Å². The van der Waals surface area contributed by atoms with E-state index in [1.54, 1.807) is 30.0 Å². The molecule has 2 saturated heterocycles. The van der Waals surface area contributed by atoms with Crippen LogP contribution in [0.3, 0.4) is 0 Å². The normalized spacial score (nSPS) is 20.5. The molecule has 10 nitrogen and oxygen atoms in total. The molecule has 13 heteroatoms. The van der Waals surface area contributed by atoms with Crippen LogP contribution in [-0.2, 0) is 23.1 Å². The van der Waals surface area contributed by atoms with E-state index in [2.05, 4.69) is 10.3 Å². The van der Waals surface area contributed by atoms with E-state index in [0.717, 1.165) is 17.0 Å². The zero-order chi connectivity index (χ0) is 30.5. The van der Waals surface area contributed by atoms with Crippen LogP contribution in [0, 0.1) is 12.8 Å². The number of benzene rings is 2. The van der Waals surface area contributed by atoms with Gasteiger partial charge in [0.05, 0.1) is 40.4 Å². The first-order valence-electron chi connectivity index (χ1n) is 14.2. The molecule has 43 heavy (non-hydrogen) atoms. The molecule has 1 N–H and O–H groups in total. The van der Waals surface area contributed by atoms with Crippen molar-refractivity contribution in [2.24, 2.45) is 5.92 Å². The Hall–Kier alpha value is -4.26. The van der Waals surface area contributed by atoms with Crippen molar-refractivity contribution >= 4 is 23.4 Å². The zero-order valence-corrected chi connectivity index (χ0v) is 23.4. The number of aliphatic hydroxyl groups is 1. The highest BCUT2D eigenvalue weighted by Gasteiger charge is 2.42. The number of imide groups is 1. The molecular formula is C30H30F3N5O5. The van der Waals surface area contributed by atoms with E-state index in [-0.39, 0.29) is 55.4 Å². The molecule has 3 aromatic rings. The van der Waals surface area contributed by atoms with Crippen LogP contribution in [0.25, 0.3) is 0 Å². The Kier molecular flexibility index (Phi) is 7.23. The predicted molar refractivity (Wildman–Crippen MR) is 146 cm³/mol. The number of likely N-dealkylation sites (tertiary alicyclic amines) is 1. The van der Waals surface area contributed by atoms with Crippen LogP contribution in [0.2, 0.25) is 0 Å². The minimum atomic E-state index is -4.52. The summed E-state index contributed by atoms with van der Waals surface area (Å²) in [5, 5.41) is 18.7. The fourth-order valence-electron chi connectivity index (χ4n) is 6.29. The molecule has 1 atom stereocenters. The highest BCUT2D eigenvalue weighted by atomic mass is 19.4. The van der Waals surface area contributed by atoms with Crippen molar-refractivity contribution in [1.29, 1.82) is 0 Å². The molecule has 0 saturated carbocycles. The third kappa shape index (κ3) is 5.26. The lowest BCUT2D eigenvalue weighted by Gasteiger charge is -2.41. The van der Waals surface area contributed by atoms with E-state index in [4.69, 9.17) is 4.63 Å². The Morgan fingerprint density at radius 1 is 1.07 bits per heavy atom. The standard InChI is InChI=1S/C30H30F3N5O5/c1-18-23(35-43-34-18)17-38-27(40)22-8-3-9-24(25(22)28(38)41)37-12-4-5-19(16-37)26(39)36-13-10-29(42,11-14-36)20-6-2-7-21(15-20)30(31,32)33/h2-3,6-9,15,19,42H,4-5,10-14,16-17H2,1H3. The average Bonchev–Trinajstić information content (AvgIpc) is 3.52. The minimum absolute atomic E-state index is 0.0654. The van der Waals surface area contributed by atoms with E-state index in [9.17, 15) is 32.7 Å². The second-order valence-electron chi connectivity index (χ2n) is 11.4. The van der Waals surface area contributed by atoms with E-state index in [1.165, 1.54) is 12.1 Å². The van der Waals surface area contributed by atoms with Gasteiger partial charge in [0.25, 0.3) is 11.8 Å².